The van der Waals surface area contributed by atoms with Gasteiger partial charge in [-0.3, -0.25) is 9.78 Å². The van der Waals surface area contributed by atoms with Gasteiger partial charge < -0.3 is 10.3 Å². The van der Waals surface area contributed by atoms with Crippen molar-refractivity contribution >= 4 is 17.1 Å². The lowest BCUT2D eigenvalue weighted by Crippen LogP contribution is -2.13. The molecule has 0 unspecified atom stereocenters. The third-order valence-corrected chi connectivity index (χ3v) is 2.05. The predicted molar refractivity (Wildman–Crippen MR) is 57.4 cm³/mol. The lowest BCUT2D eigenvalue weighted by Gasteiger charge is -2.05. The maximum Gasteiger partial charge on any atom is 0.280 e. The molecule has 2 aromatic heterocycles. The molecule has 80 valence electrons. The Balaban J connectivity index is 2.63. The largest absolute Gasteiger partial charge is 0.369 e. The monoisotopic (exact) mass is 207 g/mol. The average Bonchev–Trinajstić information content (AvgIpc) is 2.48. The van der Waals surface area contributed by atoms with Gasteiger partial charge in [-0.15, -0.1) is 0 Å². The molecular formula is C9H13N5O. The number of nitrogen functional groups attached to an aromatic ring is 1. The Morgan fingerprint density at radius 1 is 1.60 bits per heavy atom. The fourth-order valence-electron chi connectivity index (χ4n) is 1.50. The van der Waals surface area contributed by atoms with Crippen molar-refractivity contribution in [1.29, 1.82) is 0 Å². The van der Waals surface area contributed by atoms with Crippen LogP contribution >= 0.6 is 0 Å². The number of nitrogens with zero attached hydrogens (tertiary/aromatic N) is 3. The van der Waals surface area contributed by atoms with Crippen LogP contribution in [-0.2, 0) is 6.54 Å². The summed E-state index contributed by atoms with van der Waals surface area (Å²) in [4.78, 5) is 21.9. The lowest BCUT2D eigenvalue weighted by atomic mass is 10.2. The van der Waals surface area contributed by atoms with E-state index in [4.69, 9.17) is 5.73 Å². The zero-order chi connectivity index (χ0) is 11.0. The Morgan fingerprint density at radius 2 is 2.33 bits per heavy atom. The number of aromatic amines is 1. The highest BCUT2D eigenvalue weighted by Gasteiger charge is 2.09. The van der Waals surface area contributed by atoms with Gasteiger partial charge in [0.2, 0.25) is 5.95 Å². The van der Waals surface area contributed by atoms with E-state index in [0.29, 0.717) is 17.1 Å². The highest BCUT2D eigenvalue weighted by atomic mass is 16.1. The number of hydrogen-bond acceptors (Lipinski definition) is 4. The number of nitrogens with two attached hydrogens (primary N) is 1. The molecule has 15 heavy (non-hydrogen) atoms. The highest BCUT2D eigenvalue weighted by Crippen LogP contribution is 2.08. The van der Waals surface area contributed by atoms with Crippen molar-refractivity contribution in [2.75, 3.05) is 5.73 Å². The number of fused-ring (bicyclic) bond motifs is 1. The van der Waals surface area contributed by atoms with E-state index in [-0.39, 0.29) is 11.5 Å². The minimum atomic E-state index is -0.292. The molecule has 0 bridgehead atoms. The third-order valence-electron chi connectivity index (χ3n) is 2.05. The summed E-state index contributed by atoms with van der Waals surface area (Å²) >= 11 is 0. The zero-order valence-electron chi connectivity index (χ0n) is 8.69. The molecule has 0 radical (unpaired) electrons. The van der Waals surface area contributed by atoms with E-state index in [9.17, 15) is 4.79 Å². The molecular weight excluding hydrogens is 194 g/mol. The van der Waals surface area contributed by atoms with Crippen LogP contribution in [0.4, 0.5) is 5.95 Å². The fourth-order valence-corrected chi connectivity index (χ4v) is 1.50. The van der Waals surface area contributed by atoms with Crippen molar-refractivity contribution < 1.29 is 0 Å². The Labute approximate surface area is 86.2 Å². The van der Waals surface area contributed by atoms with Crippen LogP contribution in [0.1, 0.15) is 13.8 Å². The molecule has 0 spiro atoms. The summed E-state index contributed by atoms with van der Waals surface area (Å²) in [5.74, 6) is 0.586. The van der Waals surface area contributed by atoms with E-state index in [0.717, 1.165) is 6.54 Å². The Hall–Kier alpha value is -1.85. The van der Waals surface area contributed by atoms with Gasteiger partial charge in [0.25, 0.3) is 5.56 Å². The van der Waals surface area contributed by atoms with Crippen LogP contribution in [-0.4, -0.2) is 19.5 Å². The second-order valence-corrected chi connectivity index (χ2v) is 3.91. The summed E-state index contributed by atoms with van der Waals surface area (Å²) in [6.45, 7) is 4.94. The molecule has 6 nitrogen and oxygen atoms in total. The Morgan fingerprint density at radius 3 is 3.00 bits per heavy atom. The van der Waals surface area contributed by atoms with Crippen molar-refractivity contribution in [2.45, 2.75) is 20.4 Å². The fraction of sp³-hybridized carbons (Fsp3) is 0.444. The summed E-state index contributed by atoms with van der Waals surface area (Å²) in [6.07, 6.45) is 1.62. The number of rotatable bonds is 2. The van der Waals surface area contributed by atoms with Gasteiger partial charge in [-0.05, 0) is 5.92 Å². The van der Waals surface area contributed by atoms with Gasteiger partial charge in [0.05, 0.1) is 6.33 Å². The number of aromatic nitrogens is 4. The highest BCUT2D eigenvalue weighted by molar-refractivity contribution is 5.70. The third kappa shape index (κ3) is 1.70. The van der Waals surface area contributed by atoms with Gasteiger partial charge >= 0.3 is 0 Å². The molecule has 6 heteroatoms. The molecule has 0 fully saturated rings. The van der Waals surface area contributed by atoms with E-state index in [1.165, 1.54) is 0 Å². The molecule has 0 aliphatic carbocycles. The molecule has 0 saturated heterocycles. The second-order valence-electron chi connectivity index (χ2n) is 3.91. The first-order valence-corrected chi connectivity index (χ1v) is 4.78. The maximum absolute atomic E-state index is 11.4. The molecule has 3 N–H and O–H groups in total. The van der Waals surface area contributed by atoms with Gasteiger partial charge in [-0.25, -0.2) is 4.98 Å². The standard InChI is InChI=1S/C9H13N5O/c1-5(2)3-14-4-11-6-7(14)12-9(10)13-8(6)15/h4-5H,3H2,1-2H3,(H3,10,12,13,15). The molecule has 0 atom stereocenters. The summed E-state index contributed by atoms with van der Waals surface area (Å²) in [5.41, 5.74) is 6.07. The summed E-state index contributed by atoms with van der Waals surface area (Å²) < 4.78 is 1.84. The second kappa shape index (κ2) is 3.38. The van der Waals surface area contributed by atoms with Crippen LogP contribution < -0.4 is 11.3 Å². The maximum atomic E-state index is 11.4. The van der Waals surface area contributed by atoms with E-state index >= 15 is 0 Å². The summed E-state index contributed by atoms with van der Waals surface area (Å²) in [7, 11) is 0. The summed E-state index contributed by atoms with van der Waals surface area (Å²) in [6, 6.07) is 0. The van der Waals surface area contributed by atoms with Crippen molar-refractivity contribution in [2.24, 2.45) is 5.92 Å². The van der Waals surface area contributed by atoms with Gasteiger partial charge in [0.1, 0.15) is 0 Å². The van der Waals surface area contributed by atoms with Crippen molar-refractivity contribution in [1.82, 2.24) is 19.5 Å². The number of imidazole rings is 1. The smallest absolute Gasteiger partial charge is 0.280 e. The molecule has 0 aromatic carbocycles. The van der Waals surface area contributed by atoms with Crippen molar-refractivity contribution in [3.63, 3.8) is 0 Å². The minimum absolute atomic E-state index is 0.123. The molecule has 0 saturated carbocycles. The first kappa shape index (κ1) is 9.70. The van der Waals surface area contributed by atoms with Crippen molar-refractivity contribution in [3.8, 4) is 0 Å². The van der Waals surface area contributed by atoms with Crippen LogP contribution in [0.3, 0.4) is 0 Å². The quantitative estimate of drug-likeness (QED) is 0.743. The number of anilines is 1. The first-order valence-electron chi connectivity index (χ1n) is 4.78. The topological polar surface area (TPSA) is 89.6 Å². The lowest BCUT2D eigenvalue weighted by molar-refractivity contribution is 0.530. The SMILES string of the molecule is CC(C)Cn1cnc2c(=O)[nH]c(N)nc21. The van der Waals surface area contributed by atoms with Crippen LogP contribution in [0, 0.1) is 5.92 Å². The zero-order valence-corrected chi connectivity index (χ0v) is 8.69. The molecule has 2 aromatic rings. The minimum Gasteiger partial charge on any atom is -0.369 e. The van der Waals surface area contributed by atoms with Gasteiger partial charge in [-0.2, -0.15) is 4.98 Å². The van der Waals surface area contributed by atoms with Crippen LogP contribution in [0.5, 0.6) is 0 Å². The number of nitrogens with one attached hydrogen (secondary N) is 1. The van der Waals surface area contributed by atoms with Crippen LogP contribution in [0.2, 0.25) is 0 Å². The van der Waals surface area contributed by atoms with E-state index < -0.39 is 0 Å². The number of H-pyrrole nitrogens is 1. The average molecular weight is 207 g/mol. The molecule has 0 aliphatic rings. The van der Waals surface area contributed by atoms with Gasteiger partial charge in [0.15, 0.2) is 11.2 Å². The number of hydrogen-bond donors (Lipinski definition) is 2. The predicted octanol–water partition coefficient (Wildman–Crippen LogP) is 0.358. The van der Waals surface area contributed by atoms with E-state index in [1.807, 2.05) is 4.57 Å². The first-order chi connectivity index (χ1) is 7.08. The van der Waals surface area contributed by atoms with E-state index in [1.54, 1.807) is 6.33 Å². The molecule has 0 amide bonds. The summed E-state index contributed by atoms with van der Waals surface area (Å²) in [5, 5.41) is 0. The van der Waals surface area contributed by atoms with Crippen LogP contribution in [0.25, 0.3) is 11.2 Å². The Bertz CT molecular complexity index is 539. The normalized spacial score (nSPS) is 11.4. The van der Waals surface area contributed by atoms with Gasteiger partial charge in [-0.1, -0.05) is 13.8 Å². The van der Waals surface area contributed by atoms with Crippen LogP contribution in [0.15, 0.2) is 11.1 Å². The van der Waals surface area contributed by atoms with E-state index in [2.05, 4.69) is 28.8 Å². The van der Waals surface area contributed by atoms with Gasteiger partial charge in [0, 0.05) is 6.54 Å². The molecule has 2 rings (SSSR count). The Kier molecular flexibility index (Phi) is 2.18. The van der Waals surface area contributed by atoms with Crippen molar-refractivity contribution in [3.05, 3.63) is 16.7 Å². The molecule has 0 aliphatic heterocycles. The molecule has 2 heterocycles.